The van der Waals surface area contributed by atoms with E-state index in [0.29, 0.717) is 29.5 Å². The van der Waals surface area contributed by atoms with Gasteiger partial charge in [0, 0.05) is 18.7 Å². The number of carbonyl (C=O) groups is 1. The van der Waals surface area contributed by atoms with Crippen LogP contribution in [0.5, 0.6) is 11.5 Å². The lowest BCUT2D eigenvalue weighted by Gasteiger charge is -2.15. The van der Waals surface area contributed by atoms with E-state index in [1.165, 1.54) is 0 Å². The van der Waals surface area contributed by atoms with Crippen LogP contribution >= 0.6 is 0 Å². The minimum atomic E-state index is -0.123. The van der Waals surface area contributed by atoms with Crippen LogP contribution in [0, 0.1) is 5.92 Å². The fourth-order valence-electron chi connectivity index (χ4n) is 2.32. The summed E-state index contributed by atoms with van der Waals surface area (Å²) in [6, 6.07) is 5.16. The van der Waals surface area contributed by atoms with Gasteiger partial charge in [0.15, 0.2) is 11.5 Å². The topological polar surface area (TPSA) is 67.8 Å². The first kappa shape index (κ1) is 14.7. The van der Waals surface area contributed by atoms with Gasteiger partial charge >= 0.3 is 0 Å². The molecule has 2 rings (SSSR count). The van der Waals surface area contributed by atoms with Gasteiger partial charge in [-0.25, -0.2) is 0 Å². The number of benzene rings is 1. The van der Waals surface area contributed by atoms with Crippen molar-refractivity contribution in [2.45, 2.75) is 26.2 Å². The van der Waals surface area contributed by atoms with Crippen LogP contribution in [0.3, 0.4) is 0 Å². The summed E-state index contributed by atoms with van der Waals surface area (Å²) in [6.45, 7) is 3.05. The summed E-state index contributed by atoms with van der Waals surface area (Å²) in [5.74, 6) is 1.48. The van der Waals surface area contributed by atoms with Crippen LogP contribution in [-0.2, 0) is 0 Å². The number of rotatable bonds is 7. The van der Waals surface area contributed by atoms with Crippen molar-refractivity contribution in [1.29, 1.82) is 0 Å². The van der Waals surface area contributed by atoms with Crippen molar-refractivity contribution >= 4 is 5.91 Å². The first-order chi connectivity index (χ1) is 9.74. The largest absolute Gasteiger partial charge is 0.454 e. The zero-order valence-electron chi connectivity index (χ0n) is 11.7. The van der Waals surface area contributed by atoms with Crippen LogP contribution in [0.4, 0.5) is 0 Å². The molecule has 0 spiro atoms. The molecule has 1 aliphatic rings. The Balaban J connectivity index is 1.91. The molecule has 1 unspecified atom stereocenters. The van der Waals surface area contributed by atoms with E-state index in [0.717, 1.165) is 19.3 Å². The Labute approximate surface area is 118 Å². The molecule has 1 atom stereocenters. The summed E-state index contributed by atoms with van der Waals surface area (Å²) in [5, 5.41) is 11.9. The van der Waals surface area contributed by atoms with Crippen LogP contribution in [0.1, 0.15) is 36.5 Å². The summed E-state index contributed by atoms with van der Waals surface area (Å²) in [6.07, 6.45) is 2.77. The Morgan fingerprint density at radius 3 is 2.90 bits per heavy atom. The molecule has 5 nitrogen and oxygen atoms in total. The number of nitrogens with one attached hydrogen (secondary N) is 1. The fraction of sp³-hybridized carbons (Fsp3) is 0.533. The molecule has 2 N–H and O–H groups in total. The summed E-state index contributed by atoms with van der Waals surface area (Å²) < 4.78 is 10.5. The van der Waals surface area contributed by atoms with Gasteiger partial charge in [-0.15, -0.1) is 0 Å². The average molecular weight is 279 g/mol. The lowest BCUT2D eigenvalue weighted by atomic mass is 10.00. The second kappa shape index (κ2) is 7.14. The van der Waals surface area contributed by atoms with Crippen molar-refractivity contribution in [1.82, 2.24) is 5.32 Å². The molecule has 0 saturated heterocycles. The number of fused-ring (bicyclic) bond motifs is 1. The molecule has 0 saturated carbocycles. The molecule has 1 aromatic rings. The van der Waals surface area contributed by atoms with Crippen LogP contribution in [0.15, 0.2) is 18.2 Å². The summed E-state index contributed by atoms with van der Waals surface area (Å²) in [4.78, 5) is 12.1. The van der Waals surface area contributed by atoms with Crippen molar-refractivity contribution < 1.29 is 19.4 Å². The summed E-state index contributed by atoms with van der Waals surface area (Å²) in [7, 11) is 0. The van der Waals surface area contributed by atoms with Crippen molar-refractivity contribution in [2.75, 3.05) is 19.9 Å². The average Bonchev–Trinajstić information content (AvgIpc) is 2.92. The Morgan fingerprint density at radius 1 is 1.35 bits per heavy atom. The molecule has 1 amide bonds. The lowest BCUT2D eigenvalue weighted by Crippen LogP contribution is -2.29. The third-order valence-electron chi connectivity index (χ3n) is 3.42. The third kappa shape index (κ3) is 3.63. The maximum atomic E-state index is 12.1. The molecule has 1 heterocycles. The molecule has 110 valence electrons. The third-order valence-corrected chi connectivity index (χ3v) is 3.42. The quantitative estimate of drug-likeness (QED) is 0.800. The number of ether oxygens (including phenoxy) is 2. The van der Waals surface area contributed by atoms with Gasteiger partial charge in [0.25, 0.3) is 5.91 Å². The Bertz CT molecular complexity index is 455. The van der Waals surface area contributed by atoms with E-state index in [4.69, 9.17) is 14.6 Å². The monoisotopic (exact) mass is 279 g/mol. The lowest BCUT2D eigenvalue weighted by molar-refractivity contribution is 0.0942. The zero-order chi connectivity index (χ0) is 14.4. The van der Waals surface area contributed by atoms with Crippen molar-refractivity contribution in [3.63, 3.8) is 0 Å². The van der Waals surface area contributed by atoms with E-state index in [9.17, 15) is 4.79 Å². The summed E-state index contributed by atoms with van der Waals surface area (Å²) >= 11 is 0. The van der Waals surface area contributed by atoms with Gasteiger partial charge < -0.3 is 19.9 Å². The highest BCUT2D eigenvalue weighted by Gasteiger charge is 2.16. The highest BCUT2D eigenvalue weighted by atomic mass is 16.7. The van der Waals surface area contributed by atoms with Gasteiger partial charge in [0.1, 0.15) is 0 Å². The molecule has 0 fully saturated rings. The Morgan fingerprint density at radius 2 is 2.15 bits per heavy atom. The van der Waals surface area contributed by atoms with E-state index >= 15 is 0 Å². The molecule has 1 aliphatic heterocycles. The number of amides is 1. The van der Waals surface area contributed by atoms with Crippen LogP contribution in [0.2, 0.25) is 0 Å². The van der Waals surface area contributed by atoms with Crippen LogP contribution in [0.25, 0.3) is 0 Å². The SMILES string of the molecule is CCCC(CCO)CNC(=O)c1ccc2c(c1)OCO2. The first-order valence-corrected chi connectivity index (χ1v) is 7.03. The van der Waals surface area contributed by atoms with E-state index in [2.05, 4.69) is 12.2 Å². The first-order valence-electron chi connectivity index (χ1n) is 7.03. The second-order valence-corrected chi connectivity index (χ2v) is 4.95. The predicted molar refractivity (Wildman–Crippen MR) is 75.0 cm³/mol. The standard InChI is InChI=1S/C15H21NO4/c1-2-3-11(6-7-17)9-16-15(18)12-4-5-13-14(8-12)20-10-19-13/h4-5,8,11,17H,2-3,6-7,9-10H2,1H3,(H,16,18). The molecule has 0 bridgehead atoms. The molecule has 0 aliphatic carbocycles. The predicted octanol–water partition coefficient (Wildman–Crippen LogP) is 1.94. The van der Waals surface area contributed by atoms with Crippen molar-refractivity contribution in [3.8, 4) is 11.5 Å². The fourth-order valence-corrected chi connectivity index (χ4v) is 2.32. The smallest absolute Gasteiger partial charge is 0.251 e. The molecular weight excluding hydrogens is 258 g/mol. The number of aliphatic hydroxyl groups is 1. The molecule has 1 aromatic carbocycles. The number of aliphatic hydroxyl groups excluding tert-OH is 1. The maximum Gasteiger partial charge on any atom is 0.251 e. The highest BCUT2D eigenvalue weighted by Crippen LogP contribution is 2.32. The number of hydrogen-bond donors (Lipinski definition) is 2. The van der Waals surface area contributed by atoms with Gasteiger partial charge in [0.05, 0.1) is 0 Å². The van der Waals surface area contributed by atoms with Gasteiger partial charge in [-0.2, -0.15) is 0 Å². The molecule has 0 aromatic heterocycles. The highest BCUT2D eigenvalue weighted by molar-refractivity contribution is 5.94. The normalized spacial score (nSPS) is 14.1. The van der Waals surface area contributed by atoms with E-state index < -0.39 is 0 Å². The van der Waals surface area contributed by atoms with Gasteiger partial charge in [-0.05, 0) is 37.0 Å². The van der Waals surface area contributed by atoms with E-state index in [1.54, 1.807) is 18.2 Å². The summed E-state index contributed by atoms with van der Waals surface area (Å²) in [5.41, 5.74) is 0.563. The van der Waals surface area contributed by atoms with E-state index in [-0.39, 0.29) is 19.3 Å². The van der Waals surface area contributed by atoms with Gasteiger partial charge in [-0.3, -0.25) is 4.79 Å². The van der Waals surface area contributed by atoms with Crippen LogP contribution in [-0.4, -0.2) is 31.0 Å². The van der Waals surface area contributed by atoms with Gasteiger partial charge in [0.2, 0.25) is 6.79 Å². The van der Waals surface area contributed by atoms with Gasteiger partial charge in [-0.1, -0.05) is 13.3 Å². The van der Waals surface area contributed by atoms with Crippen LogP contribution < -0.4 is 14.8 Å². The van der Waals surface area contributed by atoms with Crippen molar-refractivity contribution in [3.05, 3.63) is 23.8 Å². The van der Waals surface area contributed by atoms with Crippen molar-refractivity contribution in [2.24, 2.45) is 5.92 Å². The Hall–Kier alpha value is -1.75. The van der Waals surface area contributed by atoms with E-state index in [1.807, 2.05) is 0 Å². The maximum absolute atomic E-state index is 12.1. The molecule has 0 radical (unpaired) electrons. The zero-order valence-corrected chi connectivity index (χ0v) is 11.7. The molecule has 20 heavy (non-hydrogen) atoms. The Kier molecular flexibility index (Phi) is 5.24. The number of carbonyl (C=O) groups excluding carboxylic acids is 1. The minimum Gasteiger partial charge on any atom is -0.454 e. The second-order valence-electron chi connectivity index (χ2n) is 4.95. The minimum absolute atomic E-state index is 0.123. The molecular formula is C15H21NO4. The number of hydrogen-bond acceptors (Lipinski definition) is 4. The molecule has 5 heteroatoms.